The van der Waals surface area contributed by atoms with Gasteiger partial charge in [-0.15, -0.1) is 17.0 Å². The summed E-state index contributed by atoms with van der Waals surface area (Å²) in [6.45, 7) is 0.770. The lowest BCUT2D eigenvalue weighted by molar-refractivity contribution is -0.384. The number of carbonyl (C=O) groups is 1. The average Bonchev–Trinajstić information content (AvgIpc) is 3.01. The highest BCUT2D eigenvalue weighted by molar-refractivity contribution is 8.93. The van der Waals surface area contributed by atoms with Crippen LogP contribution >= 0.6 is 17.0 Å². The summed E-state index contributed by atoms with van der Waals surface area (Å²) in [6, 6.07) is 13.3. The second kappa shape index (κ2) is 10.7. The molecular formula is C21H24BrN3O4. The van der Waals surface area contributed by atoms with Crippen LogP contribution in [0.3, 0.4) is 0 Å². The normalized spacial score (nSPS) is 13.5. The molecule has 0 bridgehead atoms. The number of benzene rings is 2. The summed E-state index contributed by atoms with van der Waals surface area (Å²) in [5.74, 6) is 1.30. The van der Waals surface area contributed by atoms with Crippen LogP contribution in [0.25, 0.3) is 0 Å². The third-order valence-corrected chi connectivity index (χ3v) is 4.72. The third-order valence-electron chi connectivity index (χ3n) is 4.72. The maximum atomic E-state index is 13.0. The van der Waals surface area contributed by atoms with Crippen LogP contribution in [0.1, 0.15) is 36.0 Å². The van der Waals surface area contributed by atoms with E-state index in [0.717, 1.165) is 43.8 Å². The number of carbonyl (C=O) groups excluding carboxylic acids is 1. The van der Waals surface area contributed by atoms with Gasteiger partial charge >= 0.3 is 0 Å². The first kappa shape index (κ1) is 22.5. The monoisotopic (exact) mass is 461 g/mol. The van der Waals surface area contributed by atoms with Crippen LogP contribution < -0.4 is 9.64 Å². The Morgan fingerprint density at radius 2 is 1.97 bits per heavy atom. The highest BCUT2D eigenvalue weighted by Gasteiger charge is 2.22. The van der Waals surface area contributed by atoms with Crippen LogP contribution in [-0.2, 0) is 0 Å². The molecular weight excluding hydrogens is 438 g/mol. The molecule has 0 fully saturated rings. The van der Waals surface area contributed by atoms with Gasteiger partial charge in [-0.25, -0.2) is 0 Å². The fourth-order valence-corrected chi connectivity index (χ4v) is 3.28. The molecule has 1 heterocycles. The molecule has 0 atom stereocenters. The van der Waals surface area contributed by atoms with E-state index in [-0.39, 0.29) is 35.0 Å². The molecule has 0 aromatic heterocycles. The van der Waals surface area contributed by atoms with Crippen molar-refractivity contribution in [1.82, 2.24) is 0 Å². The van der Waals surface area contributed by atoms with E-state index in [1.54, 1.807) is 13.2 Å². The first-order valence-electron chi connectivity index (χ1n) is 9.31. The molecule has 2 aromatic rings. The van der Waals surface area contributed by atoms with Crippen LogP contribution in [0.15, 0.2) is 53.5 Å². The van der Waals surface area contributed by atoms with Crippen molar-refractivity contribution < 1.29 is 14.5 Å². The maximum absolute atomic E-state index is 13.0. The SMILES string of the molecule is Br.COc1ccccc1N(CC(=O)c1cccc([N+](=O)[O-])c1)C1=NCCCCC1. The third kappa shape index (κ3) is 5.63. The predicted molar refractivity (Wildman–Crippen MR) is 119 cm³/mol. The second-order valence-corrected chi connectivity index (χ2v) is 6.60. The Bertz CT molecular complexity index is 901. The number of Topliss-reactive ketones (excluding diaryl/α,β-unsaturated/α-hetero) is 1. The highest BCUT2D eigenvalue weighted by atomic mass is 79.9. The molecule has 0 spiro atoms. The summed E-state index contributed by atoms with van der Waals surface area (Å²) in [5, 5.41) is 11.0. The second-order valence-electron chi connectivity index (χ2n) is 6.60. The van der Waals surface area contributed by atoms with Gasteiger partial charge in [0.05, 0.1) is 24.3 Å². The molecule has 0 unspecified atom stereocenters. The molecule has 154 valence electrons. The van der Waals surface area contributed by atoms with Gasteiger partial charge in [-0.05, 0) is 25.0 Å². The molecule has 29 heavy (non-hydrogen) atoms. The van der Waals surface area contributed by atoms with Crippen molar-refractivity contribution in [1.29, 1.82) is 0 Å². The van der Waals surface area contributed by atoms with Crippen molar-refractivity contribution in [2.75, 3.05) is 25.1 Å². The van der Waals surface area contributed by atoms with E-state index in [1.807, 2.05) is 29.2 Å². The maximum Gasteiger partial charge on any atom is 0.270 e. The smallest absolute Gasteiger partial charge is 0.270 e. The molecule has 8 heteroatoms. The van der Waals surface area contributed by atoms with Gasteiger partial charge in [0.25, 0.3) is 5.69 Å². The van der Waals surface area contributed by atoms with E-state index in [1.165, 1.54) is 18.2 Å². The molecule has 0 amide bonds. The number of ether oxygens (including phenoxy) is 1. The number of halogens is 1. The van der Waals surface area contributed by atoms with Gasteiger partial charge in [-0.3, -0.25) is 19.9 Å². The fraction of sp³-hybridized carbons (Fsp3) is 0.333. The summed E-state index contributed by atoms with van der Waals surface area (Å²) < 4.78 is 5.49. The number of nitrogens with zero attached hydrogens (tertiary/aromatic N) is 3. The van der Waals surface area contributed by atoms with Gasteiger partial charge < -0.3 is 9.64 Å². The quantitative estimate of drug-likeness (QED) is 0.348. The number of non-ortho nitro benzene ring substituents is 1. The summed E-state index contributed by atoms with van der Waals surface area (Å²) in [5.41, 5.74) is 0.981. The van der Waals surface area contributed by atoms with Crippen molar-refractivity contribution in [3.63, 3.8) is 0 Å². The van der Waals surface area contributed by atoms with Gasteiger partial charge in [0, 0.05) is 30.7 Å². The van der Waals surface area contributed by atoms with Gasteiger partial charge in [-0.2, -0.15) is 0 Å². The summed E-state index contributed by atoms with van der Waals surface area (Å²) in [6.07, 6.45) is 3.92. The first-order chi connectivity index (χ1) is 13.6. The highest BCUT2D eigenvalue weighted by Crippen LogP contribution is 2.30. The number of ketones is 1. The zero-order valence-electron chi connectivity index (χ0n) is 16.2. The first-order valence-corrected chi connectivity index (χ1v) is 9.31. The molecule has 0 radical (unpaired) electrons. The number of aliphatic imine (C=N–C) groups is 1. The lowest BCUT2D eigenvalue weighted by atomic mass is 10.1. The Morgan fingerprint density at radius 3 is 2.72 bits per heavy atom. The van der Waals surface area contributed by atoms with Gasteiger partial charge in [0.1, 0.15) is 11.6 Å². The predicted octanol–water partition coefficient (Wildman–Crippen LogP) is 4.84. The Labute approximate surface area is 180 Å². The van der Waals surface area contributed by atoms with E-state index in [2.05, 4.69) is 0 Å². The van der Waals surface area contributed by atoms with E-state index in [4.69, 9.17) is 9.73 Å². The Kier molecular flexibility index (Phi) is 8.33. The Morgan fingerprint density at radius 1 is 1.17 bits per heavy atom. The van der Waals surface area contributed by atoms with Crippen LogP contribution in [0.2, 0.25) is 0 Å². The number of amidine groups is 1. The largest absolute Gasteiger partial charge is 0.495 e. The number of methoxy groups -OCH3 is 1. The van der Waals surface area contributed by atoms with Crippen LogP contribution in [0, 0.1) is 10.1 Å². The van der Waals surface area contributed by atoms with E-state index in [9.17, 15) is 14.9 Å². The number of nitro benzene ring substituents is 1. The van der Waals surface area contributed by atoms with Crippen LogP contribution in [0.4, 0.5) is 11.4 Å². The average molecular weight is 462 g/mol. The molecule has 7 nitrogen and oxygen atoms in total. The number of nitro groups is 1. The molecule has 0 saturated carbocycles. The summed E-state index contributed by atoms with van der Waals surface area (Å²) >= 11 is 0. The number of rotatable bonds is 6. The van der Waals surface area contributed by atoms with E-state index < -0.39 is 4.92 Å². The van der Waals surface area contributed by atoms with Crippen LogP contribution in [-0.4, -0.2) is 36.7 Å². The minimum absolute atomic E-state index is 0. The van der Waals surface area contributed by atoms with Crippen molar-refractivity contribution in [2.24, 2.45) is 4.99 Å². The zero-order valence-corrected chi connectivity index (χ0v) is 18.0. The van der Waals surface area contributed by atoms with Gasteiger partial charge in [0.15, 0.2) is 5.78 Å². The molecule has 2 aromatic carbocycles. The molecule has 0 saturated heterocycles. The summed E-state index contributed by atoms with van der Waals surface area (Å²) in [7, 11) is 1.59. The van der Waals surface area contributed by atoms with Crippen molar-refractivity contribution in [2.45, 2.75) is 25.7 Å². The molecule has 3 rings (SSSR count). The van der Waals surface area contributed by atoms with Gasteiger partial charge in [0.2, 0.25) is 0 Å². The van der Waals surface area contributed by atoms with Crippen LogP contribution in [0.5, 0.6) is 5.75 Å². The van der Waals surface area contributed by atoms with Gasteiger partial charge in [-0.1, -0.05) is 30.7 Å². The minimum atomic E-state index is -0.496. The summed E-state index contributed by atoms with van der Waals surface area (Å²) in [4.78, 5) is 30.1. The molecule has 0 aliphatic carbocycles. The lowest BCUT2D eigenvalue weighted by Gasteiger charge is -2.27. The molecule has 1 aliphatic rings. The van der Waals surface area contributed by atoms with Crippen molar-refractivity contribution in [3.8, 4) is 5.75 Å². The van der Waals surface area contributed by atoms with E-state index in [0.29, 0.717) is 11.3 Å². The molecule has 1 aliphatic heterocycles. The number of anilines is 1. The van der Waals surface area contributed by atoms with Crippen molar-refractivity contribution >= 4 is 40.0 Å². The fourth-order valence-electron chi connectivity index (χ4n) is 3.28. The number of hydrogen-bond donors (Lipinski definition) is 0. The molecule has 0 N–H and O–H groups in total. The standard InChI is InChI=1S/C21H23N3O4.BrH/c1-28-20-11-5-4-10-18(20)23(21-12-3-2-6-13-22-21)15-19(25)16-8-7-9-17(14-16)24(26)27;/h4-5,7-11,14H,2-3,6,12-13,15H2,1H3;1H. The number of hydrogen-bond acceptors (Lipinski definition) is 6. The number of para-hydroxylation sites is 2. The Balaban J connectivity index is 0.00000300. The Hall–Kier alpha value is -2.74. The van der Waals surface area contributed by atoms with E-state index >= 15 is 0 Å². The lowest BCUT2D eigenvalue weighted by Crippen LogP contribution is -2.36. The zero-order chi connectivity index (χ0) is 19.9. The topological polar surface area (TPSA) is 85.0 Å². The van der Waals surface area contributed by atoms with Crippen molar-refractivity contribution in [3.05, 3.63) is 64.2 Å². The minimum Gasteiger partial charge on any atom is -0.495 e.